The van der Waals surface area contributed by atoms with Gasteiger partial charge in [-0.1, -0.05) is 24.3 Å². The van der Waals surface area contributed by atoms with E-state index < -0.39 is 29.9 Å². The van der Waals surface area contributed by atoms with Gasteiger partial charge >= 0.3 is 5.97 Å². The number of hydrogen-bond donors (Lipinski definition) is 2. The van der Waals surface area contributed by atoms with Gasteiger partial charge in [-0.3, -0.25) is 14.4 Å². The van der Waals surface area contributed by atoms with Gasteiger partial charge in [-0.05, 0) is 73.6 Å². The fraction of sp³-hybridized carbons (Fsp3) is 0.500. The minimum atomic E-state index is -0.956. The summed E-state index contributed by atoms with van der Waals surface area (Å²) in [5.74, 6) is -0.667. The van der Waals surface area contributed by atoms with E-state index in [1.807, 2.05) is 30.5 Å². The Labute approximate surface area is 256 Å². The van der Waals surface area contributed by atoms with Crippen molar-refractivity contribution in [2.75, 3.05) is 48.4 Å². The number of esters is 1. The molecule has 2 aromatic rings. The van der Waals surface area contributed by atoms with Crippen molar-refractivity contribution in [2.45, 2.75) is 44.7 Å². The van der Waals surface area contributed by atoms with E-state index in [1.54, 1.807) is 30.8 Å². The highest BCUT2D eigenvalue weighted by Crippen LogP contribution is 2.21. The number of nitrogens with one attached hydrogen (secondary N) is 1. The molecule has 0 heterocycles. The lowest BCUT2D eigenvalue weighted by Gasteiger charge is -2.25. The van der Waals surface area contributed by atoms with Crippen molar-refractivity contribution in [3.63, 3.8) is 0 Å². The van der Waals surface area contributed by atoms with Crippen LogP contribution in [0.15, 0.2) is 48.5 Å². The lowest BCUT2D eigenvalue weighted by atomic mass is 9.92. The maximum absolute atomic E-state index is 13.7. The summed E-state index contributed by atoms with van der Waals surface area (Å²) in [6.45, 7) is 3.15. The number of carbonyl (C=O) groups excluding carboxylic acids is 3. The first kappa shape index (κ1) is 34.9. The third-order valence-electron chi connectivity index (χ3n) is 6.57. The summed E-state index contributed by atoms with van der Waals surface area (Å²) in [4.78, 5) is 41.5. The highest BCUT2D eigenvalue weighted by atomic mass is 35.5. The van der Waals surface area contributed by atoms with Crippen molar-refractivity contribution in [3.05, 3.63) is 65.5 Å². The molecule has 3 N–H and O–H groups in total. The van der Waals surface area contributed by atoms with Gasteiger partial charge in [-0.25, -0.2) is 4.39 Å². The number of nitrogens with zero attached hydrogens (tertiary/aromatic N) is 1. The predicted molar refractivity (Wildman–Crippen MR) is 167 cm³/mol. The van der Waals surface area contributed by atoms with Gasteiger partial charge in [0.15, 0.2) is 5.78 Å². The predicted octanol–water partition coefficient (Wildman–Crippen LogP) is 4.60. The van der Waals surface area contributed by atoms with Crippen molar-refractivity contribution in [2.24, 2.45) is 11.7 Å². The maximum atomic E-state index is 13.7. The molecule has 0 aliphatic rings. The maximum Gasteiger partial charge on any atom is 0.309 e. The molecule has 1 amide bonds. The number of halogens is 3. The van der Waals surface area contributed by atoms with E-state index in [9.17, 15) is 18.8 Å². The van der Waals surface area contributed by atoms with Crippen molar-refractivity contribution in [1.82, 2.24) is 5.32 Å². The molecular weight excluding hydrogens is 588 g/mol. The SMILES string of the molecule is CCOC(=O)[C@H](CCSC)CC(=O)[C@H](Cc1cccc(N(CCCl)CCCl)c1)NC(=O)[C@@H](N)Cc1ccc(F)cc1. The first-order valence-electron chi connectivity index (χ1n) is 13.7. The van der Waals surface area contributed by atoms with E-state index in [2.05, 4.69) is 10.2 Å². The van der Waals surface area contributed by atoms with Gasteiger partial charge in [-0.2, -0.15) is 11.8 Å². The number of thioether (sulfide) groups is 1. The molecule has 0 bridgehead atoms. The van der Waals surface area contributed by atoms with E-state index in [-0.39, 0.29) is 37.5 Å². The van der Waals surface area contributed by atoms with Crippen LogP contribution in [0.1, 0.15) is 30.9 Å². The Morgan fingerprint density at radius 3 is 2.34 bits per heavy atom. The normalized spacial score (nSPS) is 13.2. The molecule has 226 valence electrons. The van der Waals surface area contributed by atoms with Crippen molar-refractivity contribution in [3.8, 4) is 0 Å². The second-order valence-electron chi connectivity index (χ2n) is 9.64. The highest BCUT2D eigenvalue weighted by molar-refractivity contribution is 7.98. The van der Waals surface area contributed by atoms with Gasteiger partial charge in [0.05, 0.1) is 24.6 Å². The Morgan fingerprint density at radius 1 is 1.05 bits per heavy atom. The third kappa shape index (κ3) is 12.2. The second kappa shape index (κ2) is 19.0. The third-order valence-corrected chi connectivity index (χ3v) is 7.56. The average molecular weight is 629 g/mol. The van der Waals surface area contributed by atoms with Crippen LogP contribution in [-0.2, 0) is 32.0 Å². The lowest BCUT2D eigenvalue weighted by Crippen LogP contribution is -2.50. The fourth-order valence-corrected chi connectivity index (χ4v) is 5.32. The van der Waals surface area contributed by atoms with Gasteiger partial charge in [0.1, 0.15) is 5.82 Å². The van der Waals surface area contributed by atoms with E-state index in [0.29, 0.717) is 42.6 Å². The van der Waals surface area contributed by atoms with Crippen LogP contribution in [0.3, 0.4) is 0 Å². The number of carbonyl (C=O) groups is 3. The van der Waals surface area contributed by atoms with Crippen LogP contribution in [0.5, 0.6) is 0 Å². The molecule has 0 aliphatic carbocycles. The molecule has 0 radical (unpaired) electrons. The number of alkyl halides is 2. The van der Waals surface area contributed by atoms with Crippen LogP contribution in [0.25, 0.3) is 0 Å². The van der Waals surface area contributed by atoms with E-state index in [0.717, 1.165) is 11.3 Å². The van der Waals surface area contributed by atoms with Crippen LogP contribution in [0, 0.1) is 11.7 Å². The Kier molecular flexibility index (Phi) is 16.1. The summed E-state index contributed by atoms with van der Waals surface area (Å²) in [6.07, 6.45) is 2.72. The van der Waals surface area contributed by atoms with E-state index in [1.165, 1.54) is 12.1 Å². The molecule has 0 unspecified atom stereocenters. The summed E-state index contributed by atoms with van der Waals surface area (Å²) in [7, 11) is 0. The summed E-state index contributed by atoms with van der Waals surface area (Å²) in [6, 6.07) is 11.5. The molecule has 0 spiro atoms. The molecule has 2 rings (SSSR count). The Morgan fingerprint density at radius 2 is 1.73 bits per heavy atom. The van der Waals surface area contributed by atoms with Crippen molar-refractivity contribution >= 4 is 58.3 Å². The number of ether oxygens (including phenoxy) is 1. The van der Waals surface area contributed by atoms with Gasteiger partial charge in [-0.15, -0.1) is 23.2 Å². The lowest BCUT2D eigenvalue weighted by molar-refractivity contribution is -0.149. The number of ketones is 1. The summed E-state index contributed by atoms with van der Waals surface area (Å²) in [5.41, 5.74) is 8.61. The minimum absolute atomic E-state index is 0.0676. The first-order valence-corrected chi connectivity index (χ1v) is 16.1. The van der Waals surface area contributed by atoms with Crippen LogP contribution in [0.4, 0.5) is 10.1 Å². The summed E-state index contributed by atoms with van der Waals surface area (Å²) >= 11 is 13.6. The van der Waals surface area contributed by atoms with Crippen LogP contribution < -0.4 is 16.0 Å². The fourth-order valence-electron chi connectivity index (χ4n) is 4.39. The standard InChI is InChI=1S/C30H40Cl2FN3O4S/c1-3-40-30(39)23(11-16-41-2)20-28(37)27(35-29(38)26(34)18-21-7-9-24(33)10-8-21)19-22-5-4-6-25(17-22)36(14-12-31)15-13-32/h4-10,17,23,26-27H,3,11-16,18-20,34H2,1-2H3,(H,35,38)/t23-,26+,27+/m1/s1. The minimum Gasteiger partial charge on any atom is -0.466 e. The summed E-state index contributed by atoms with van der Waals surface area (Å²) < 4.78 is 18.5. The van der Waals surface area contributed by atoms with Crippen LogP contribution in [-0.4, -0.2) is 73.2 Å². The number of rotatable bonds is 19. The number of hydrogen-bond acceptors (Lipinski definition) is 7. The Hall–Kier alpha value is -2.33. The van der Waals surface area contributed by atoms with Gasteiger partial charge in [0.25, 0.3) is 0 Å². The zero-order valence-corrected chi connectivity index (χ0v) is 25.9. The Bertz CT molecular complexity index is 1100. The molecule has 11 heteroatoms. The van der Waals surface area contributed by atoms with Gasteiger partial charge < -0.3 is 20.7 Å². The summed E-state index contributed by atoms with van der Waals surface area (Å²) in [5, 5.41) is 2.83. The number of benzene rings is 2. The second-order valence-corrected chi connectivity index (χ2v) is 11.4. The molecule has 0 aromatic heterocycles. The smallest absolute Gasteiger partial charge is 0.309 e. The average Bonchev–Trinajstić information content (AvgIpc) is 2.96. The molecule has 0 aliphatic heterocycles. The first-order chi connectivity index (χ1) is 19.7. The molecule has 0 saturated carbocycles. The molecule has 41 heavy (non-hydrogen) atoms. The number of Topliss-reactive ketones (excluding diaryl/α,β-unsaturated/α-hetero) is 1. The van der Waals surface area contributed by atoms with Gasteiger partial charge in [0.2, 0.25) is 5.91 Å². The quantitative estimate of drug-likeness (QED) is 0.173. The number of nitrogens with two attached hydrogens (primary N) is 1. The molecule has 3 atom stereocenters. The topological polar surface area (TPSA) is 102 Å². The van der Waals surface area contributed by atoms with E-state index in [4.69, 9.17) is 33.7 Å². The molecule has 0 fully saturated rings. The highest BCUT2D eigenvalue weighted by Gasteiger charge is 2.30. The van der Waals surface area contributed by atoms with Crippen LogP contribution in [0.2, 0.25) is 0 Å². The van der Waals surface area contributed by atoms with Crippen molar-refractivity contribution in [1.29, 1.82) is 0 Å². The monoisotopic (exact) mass is 627 g/mol. The number of amides is 1. The zero-order valence-electron chi connectivity index (χ0n) is 23.6. The molecule has 2 aromatic carbocycles. The molecular formula is C30H40Cl2FN3O4S. The number of anilines is 1. The zero-order chi connectivity index (χ0) is 30.2. The Balaban J connectivity index is 2.29. The van der Waals surface area contributed by atoms with Gasteiger partial charge in [0, 0.05) is 37.0 Å². The molecule has 7 nitrogen and oxygen atoms in total. The molecule has 0 saturated heterocycles. The van der Waals surface area contributed by atoms with E-state index >= 15 is 0 Å². The van der Waals surface area contributed by atoms with Crippen LogP contribution >= 0.6 is 35.0 Å². The van der Waals surface area contributed by atoms with Crippen molar-refractivity contribution < 1.29 is 23.5 Å². The largest absolute Gasteiger partial charge is 0.466 e.